The van der Waals surface area contributed by atoms with Gasteiger partial charge in [0, 0.05) is 5.75 Å². The zero-order chi connectivity index (χ0) is 15.9. The summed E-state index contributed by atoms with van der Waals surface area (Å²) in [7, 11) is 1.66. The van der Waals surface area contributed by atoms with E-state index in [2.05, 4.69) is 15.5 Å². The number of tetrazole rings is 1. The number of aromatic nitrogens is 4. The molecule has 0 saturated heterocycles. The van der Waals surface area contributed by atoms with Crippen LogP contribution >= 0.6 is 11.8 Å². The van der Waals surface area contributed by atoms with Gasteiger partial charge < -0.3 is 9.47 Å². The molecule has 0 radical (unpaired) electrons. The van der Waals surface area contributed by atoms with E-state index in [0.29, 0.717) is 12.6 Å². The Bertz CT molecular complexity index is 596. The first-order valence-corrected chi connectivity index (χ1v) is 9.03. The highest BCUT2D eigenvalue weighted by atomic mass is 32.2. The summed E-state index contributed by atoms with van der Waals surface area (Å²) in [5.41, 5.74) is 0. The maximum Gasteiger partial charge on any atom is 0.209 e. The van der Waals surface area contributed by atoms with Crippen molar-refractivity contribution in [2.24, 2.45) is 0 Å². The molecule has 0 aliphatic heterocycles. The molecule has 23 heavy (non-hydrogen) atoms. The quantitative estimate of drug-likeness (QED) is 0.545. The van der Waals surface area contributed by atoms with Gasteiger partial charge in [0.2, 0.25) is 5.16 Å². The molecular weight excluding hydrogens is 312 g/mol. The van der Waals surface area contributed by atoms with Crippen molar-refractivity contribution in [3.05, 3.63) is 24.3 Å². The molecule has 2 aromatic rings. The Labute approximate surface area is 140 Å². The molecule has 0 bridgehead atoms. The molecule has 1 heterocycles. The van der Waals surface area contributed by atoms with Crippen LogP contribution in [0.15, 0.2) is 29.4 Å². The van der Waals surface area contributed by atoms with E-state index in [4.69, 9.17) is 9.47 Å². The standard InChI is InChI=1S/C16H22N4O2S/c1-21-14-7-9-15(10-8-14)22-11-4-12-23-16-17-18-19-20(16)13-5-2-3-6-13/h7-10,13H,2-6,11-12H2,1H3. The number of ether oxygens (including phenoxy) is 2. The molecule has 1 fully saturated rings. The lowest BCUT2D eigenvalue weighted by Gasteiger charge is -2.10. The zero-order valence-electron chi connectivity index (χ0n) is 13.4. The second-order valence-corrected chi connectivity index (χ2v) is 6.63. The second kappa shape index (κ2) is 8.19. The van der Waals surface area contributed by atoms with E-state index in [9.17, 15) is 0 Å². The summed E-state index contributed by atoms with van der Waals surface area (Å²) < 4.78 is 12.9. The van der Waals surface area contributed by atoms with Gasteiger partial charge in [-0.3, -0.25) is 0 Å². The lowest BCUT2D eigenvalue weighted by molar-refractivity contribution is 0.317. The fourth-order valence-corrected chi connectivity index (χ4v) is 3.60. The van der Waals surface area contributed by atoms with Gasteiger partial charge in [0.1, 0.15) is 11.5 Å². The van der Waals surface area contributed by atoms with Gasteiger partial charge in [0.05, 0.1) is 19.8 Å². The van der Waals surface area contributed by atoms with E-state index in [0.717, 1.165) is 28.8 Å². The van der Waals surface area contributed by atoms with E-state index in [1.165, 1.54) is 25.7 Å². The first-order chi connectivity index (χ1) is 11.4. The average Bonchev–Trinajstić information content (AvgIpc) is 3.26. The van der Waals surface area contributed by atoms with Crippen molar-refractivity contribution in [1.29, 1.82) is 0 Å². The Morgan fingerprint density at radius 2 is 1.91 bits per heavy atom. The third kappa shape index (κ3) is 4.37. The SMILES string of the molecule is COc1ccc(OCCCSc2nnnn2C2CCCC2)cc1. The Kier molecular flexibility index (Phi) is 5.74. The summed E-state index contributed by atoms with van der Waals surface area (Å²) in [6.07, 6.45) is 5.90. The van der Waals surface area contributed by atoms with E-state index in [1.807, 2.05) is 28.9 Å². The predicted molar refractivity (Wildman–Crippen MR) is 89.2 cm³/mol. The monoisotopic (exact) mass is 334 g/mol. The first kappa shape index (κ1) is 16.1. The largest absolute Gasteiger partial charge is 0.497 e. The van der Waals surface area contributed by atoms with Crippen molar-refractivity contribution in [2.45, 2.75) is 43.3 Å². The molecule has 0 atom stereocenters. The minimum atomic E-state index is 0.489. The summed E-state index contributed by atoms with van der Waals surface area (Å²) in [5, 5.41) is 13.1. The van der Waals surface area contributed by atoms with Crippen molar-refractivity contribution in [3.63, 3.8) is 0 Å². The normalized spacial score (nSPS) is 15.0. The van der Waals surface area contributed by atoms with E-state index in [1.54, 1.807) is 18.9 Å². The highest BCUT2D eigenvalue weighted by Gasteiger charge is 2.21. The van der Waals surface area contributed by atoms with Crippen LogP contribution in [0.25, 0.3) is 0 Å². The predicted octanol–water partition coefficient (Wildman–Crippen LogP) is 3.36. The lowest BCUT2D eigenvalue weighted by Crippen LogP contribution is -2.08. The summed E-state index contributed by atoms with van der Waals surface area (Å²) in [4.78, 5) is 0. The van der Waals surface area contributed by atoms with E-state index >= 15 is 0 Å². The van der Waals surface area contributed by atoms with Gasteiger partial charge in [0.25, 0.3) is 0 Å². The number of thioether (sulfide) groups is 1. The van der Waals surface area contributed by atoms with Crippen LogP contribution < -0.4 is 9.47 Å². The van der Waals surface area contributed by atoms with E-state index < -0.39 is 0 Å². The van der Waals surface area contributed by atoms with Gasteiger partial charge in [0.15, 0.2) is 0 Å². The Morgan fingerprint density at radius 3 is 2.65 bits per heavy atom. The van der Waals surface area contributed by atoms with Crippen LogP contribution in [0.5, 0.6) is 11.5 Å². The molecule has 1 saturated carbocycles. The molecule has 0 amide bonds. The van der Waals surface area contributed by atoms with Gasteiger partial charge in [-0.05, 0) is 54.0 Å². The average molecular weight is 334 g/mol. The van der Waals surface area contributed by atoms with Crippen LogP contribution in [0.3, 0.4) is 0 Å². The van der Waals surface area contributed by atoms with Gasteiger partial charge in [-0.15, -0.1) is 5.10 Å². The number of hydrogen-bond acceptors (Lipinski definition) is 6. The van der Waals surface area contributed by atoms with Gasteiger partial charge >= 0.3 is 0 Å². The van der Waals surface area contributed by atoms with Crippen molar-refractivity contribution < 1.29 is 9.47 Å². The molecular formula is C16H22N4O2S. The highest BCUT2D eigenvalue weighted by Crippen LogP contribution is 2.31. The molecule has 6 nitrogen and oxygen atoms in total. The molecule has 3 rings (SSSR count). The van der Waals surface area contributed by atoms with Crippen LogP contribution in [0.2, 0.25) is 0 Å². The molecule has 1 aliphatic carbocycles. The second-order valence-electron chi connectivity index (χ2n) is 5.57. The summed E-state index contributed by atoms with van der Waals surface area (Å²) in [5.74, 6) is 2.65. The van der Waals surface area contributed by atoms with Crippen molar-refractivity contribution >= 4 is 11.8 Å². The number of benzene rings is 1. The zero-order valence-corrected chi connectivity index (χ0v) is 14.2. The smallest absolute Gasteiger partial charge is 0.209 e. The first-order valence-electron chi connectivity index (χ1n) is 8.04. The van der Waals surface area contributed by atoms with E-state index in [-0.39, 0.29) is 0 Å². The van der Waals surface area contributed by atoms with Crippen LogP contribution in [0, 0.1) is 0 Å². The van der Waals surface area contributed by atoms with Crippen molar-refractivity contribution in [2.75, 3.05) is 19.5 Å². The molecule has 0 spiro atoms. The molecule has 124 valence electrons. The summed E-state index contributed by atoms with van der Waals surface area (Å²) in [6.45, 7) is 0.685. The van der Waals surface area contributed by atoms with Crippen LogP contribution in [0.1, 0.15) is 38.1 Å². The molecule has 1 aromatic carbocycles. The topological polar surface area (TPSA) is 62.1 Å². The Balaban J connectivity index is 1.39. The molecule has 0 unspecified atom stereocenters. The minimum Gasteiger partial charge on any atom is -0.497 e. The minimum absolute atomic E-state index is 0.489. The number of hydrogen-bond donors (Lipinski definition) is 0. The number of methoxy groups -OCH3 is 1. The third-order valence-corrected chi connectivity index (χ3v) is 5.00. The van der Waals surface area contributed by atoms with Gasteiger partial charge in [-0.25, -0.2) is 4.68 Å². The molecule has 1 aliphatic rings. The summed E-state index contributed by atoms with van der Waals surface area (Å²) in [6, 6.07) is 8.14. The lowest BCUT2D eigenvalue weighted by atomic mass is 10.3. The number of nitrogens with zero attached hydrogens (tertiary/aromatic N) is 4. The Morgan fingerprint density at radius 1 is 1.17 bits per heavy atom. The van der Waals surface area contributed by atoms with Crippen molar-refractivity contribution in [1.82, 2.24) is 20.2 Å². The molecule has 0 N–H and O–H groups in total. The fourth-order valence-electron chi connectivity index (χ4n) is 2.74. The highest BCUT2D eigenvalue weighted by molar-refractivity contribution is 7.99. The number of rotatable bonds is 8. The summed E-state index contributed by atoms with van der Waals surface area (Å²) >= 11 is 1.71. The van der Waals surface area contributed by atoms with Crippen LogP contribution in [-0.4, -0.2) is 39.7 Å². The third-order valence-electron chi connectivity index (χ3n) is 3.98. The van der Waals surface area contributed by atoms with Gasteiger partial charge in [-0.2, -0.15) is 0 Å². The van der Waals surface area contributed by atoms with Crippen LogP contribution in [-0.2, 0) is 0 Å². The van der Waals surface area contributed by atoms with Gasteiger partial charge in [-0.1, -0.05) is 24.6 Å². The molecule has 7 heteroatoms. The fraction of sp³-hybridized carbons (Fsp3) is 0.562. The Hall–Kier alpha value is -1.76. The maximum atomic E-state index is 5.73. The maximum absolute atomic E-state index is 5.73. The van der Waals surface area contributed by atoms with Crippen molar-refractivity contribution in [3.8, 4) is 11.5 Å². The van der Waals surface area contributed by atoms with Crippen LogP contribution in [0.4, 0.5) is 0 Å². The molecule has 1 aromatic heterocycles.